The van der Waals surface area contributed by atoms with Crippen molar-refractivity contribution in [1.29, 1.82) is 0 Å². The van der Waals surface area contributed by atoms with Gasteiger partial charge in [-0.3, -0.25) is 19.3 Å². The van der Waals surface area contributed by atoms with E-state index in [1.807, 2.05) is 6.92 Å². The van der Waals surface area contributed by atoms with Crippen LogP contribution < -0.4 is 9.64 Å². The molecule has 0 aromatic heterocycles. The zero-order chi connectivity index (χ0) is 23.3. The summed E-state index contributed by atoms with van der Waals surface area (Å²) in [6.45, 7) is 1.62. The Hall–Kier alpha value is -3.74. The molecule has 2 amide bonds. The smallest absolute Gasteiger partial charge is 0.338 e. The lowest BCUT2D eigenvalue weighted by Crippen LogP contribution is -2.32. The number of ether oxygens (including phenoxy) is 2. The molecule has 0 N–H and O–H groups in total. The summed E-state index contributed by atoms with van der Waals surface area (Å²) in [6, 6.07) is 12.7. The van der Waals surface area contributed by atoms with E-state index in [2.05, 4.69) is 6.08 Å². The Bertz CT molecular complexity index is 1200. The monoisotopic (exact) mass is 445 g/mol. The van der Waals surface area contributed by atoms with Crippen molar-refractivity contribution in [1.82, 2.24) is 0 Å². The van der Waals surface area contributed by atoms with Crippen molar-refractivity contribution in [3.63, 3.8) is 0 Å². The number of anilines is 1. The number of fused-ring (bicyclic) bond motifs is 5. The average Bonchev–Trinajstić information content (AvgIpc) is 3.47. The molecule has 33 heavy (non-hydrogen) atoms. The molecule has 1 heterocycles. The first-order valence-corrected chi connectivity index (χ1v) is 10.9. The number of hydrogen-bond acceptors (Lipinski definition) is 6. The number of nitrogens with zero attached hydrogens (tertiary/aromatic N) is 1. The number of allylic oxidation sites excluding steroid dienone is 2. The summed E-state index contributed by atoms with van der Waals surface area (Å²) in [5.41, 5.74) is 2.26. The molecule has 5 rings (SSSR count). The Morgan fingerprint density at radius 2 is 1.73 bits per heavy atom. The number of carbonyl (C=O) groups is 4. The SMILES string of the molecule is COc1cccc(C(=O)COC(=O)c2ccc(N3C(=O)[C@H]4[C@H](C3=O)[C@H]3C[C@@H]4C=C3C)cc2)c1. The first-order valence-electron chi connectivity index (χ1n) is 10.9. The molecule has 2 aliphatic carbocycles. The Kier molecular flexibility index (Phi) is 5.12. The second-order valence-electron chi connectivity index (χ2n) is 8.76. The summed E-state index contributed by atoms with van der Waals surface area (Å²) < 4.78 is 10.2. The van der Waals surface area contributed by atoms with Gasteiger partial charge in [-0.05, 0) is 61.6 Å². The van der Waals surface area contributed by atoms with Crippen LogP contribution >= 0.6 is 0 Å². The van der Waals surface area contributed by atoms with Crippen molar-refractivity contribution in [2.24, 2.45) is 23.7 Å². The number of hydrogen-bond donors (Lipinski definition) is 0. The number of Topliss-reactive ketones (excluding diaryl/α,β-unsaturated/α-hetero) is 1. The quantitative estimate of drug-likeness (QED) is 0.293. The number of rotatable bonds is 6. The van der Waals surface area contributed by atoms with Crippen LogP contribution in [0.25, 0.3) is 0 Å². The highest BCUT2D eigenvalue weighted by atomic mass is 16.5. The molecule has 4 atom stereocenters. The number of esters is 1. The van der Waals surface area contributed by atoms with Gasteiger partial charge >= 0.3 is 5.97 Å². The van der Waals surface area contributed by atoms with Crippen molar-refractivity contribution >= 4 is 29.3 Å². The number of amides is 2. The van der Waals surface area contributed by atoms with Crippen LogP contribution in [-0.2, 0) is 14.3 Å². The summed E-state index contributed by atoms with van der Waals surface area (Å²) in [4.78, 5) is 52.0. The number of benzene rings is 2. The van der Waals surface area contributed by atoms with E-state index in [9.17, 15) is 19.2 Å². The van der Waals surface area contributed by atoms with Crippen molar-refractivity contribution in [2.75, 3.05) is 18.6 Å². The zero-order valence-electron chi connectivity index (χ0n) is 18.3. The molecular formula is C26H23NO6. The van der Waals surface area contributed by atoms with Gasteiger partial charge in [0.1, 0.15) is 5.75 Å². The van der Waals surface area contributed by atoms with Crippen LogP contribution in [0.4, 0.5) is 5.69 Å². The van der Waals surface area contributed by atoms with Crippen molar-refractivity contribution < 1.29 is 28.7 Å². The Balaban J connectivity index is 1.24. The van der Waals surface area contributed by atoms with Gasteiger partial charge in [0.15, 0.2) is 12.4 Å². The third-order valence-corrected chi connectivity index (χ3v) is 6.97. The maximum absolute atomic E-state index is 13.0. The minimum atomic E-state index is -0.661. The van der Waals surface area contributed by atoms with Crippen LogP contribution in [0.2, 0.25) is 0 Å². The van der Waals surface area contributed by atoms with Crippen LogP contribution in [0.5, 0.6) is 5.75 Å². The Labute approximate surface area is 191 Å². The predicted octanol–water partition coefficient (Wildman–Crippen LogP) is 3.44. The van der Waals surface area contributed by atoms with Gasteiger partial charge in [-0.15, -0.1) is 0 Å². The first kappa shape index (κ1) is 21.1. The van der Waals surface area contributed by atoms with E-state index >= 15 is 0 Å². The fourth-order valence-corrected chi connectivity index (χ4v) is 5.37. The van der Waals surface area contributed by atoms with Crippen molar-refractivity contribution in [2.45, 2.75) is 13.3 Å². The van der Waals surface area contributed by atoms with Gasteiger partial charge in [0, 0.05) is 5.56 Å². The zero-order valence-corrected chi connectivity index (χ0v) is 18.3. The van der Waals surface area contributed by atoms with Crippen LogP contribution in [0, 0.1) is 23.7 Å². The highest BCUT2D eigenvalue weighted by Gasteiger charge is 2.60. The highest BCUT2D eigenvalue weighted by molar-refractivity contribution is 6.23. The van der Waals surface area contributed by atoms with Gasteiger partial charge < -0.3 is 9.47 Å². The summed E-state index contributed by atoms with van der Waals surface area (Å²) in [5.74, 6) is -1.07. The molecule has 7 nitrogen and oxygen atoms in total. The van der Waals surface area contributed by atoms with Crippen LogP contribution in [0.3, 0.4) is 0 Å². The van der Waals surface area contributed by atoms with E-state index in [1.54, 1.807) is 36.4 Å². The minimum Gasteiger partial charge on any atom is -0.497 e. The van der Waals surface area contributed by atoms with Gasteiger partial charge in [0.05, 0.1) is 30.2 Å². The van der Waals surface area contributed by atoms with Gasteiger partial charge in [-0.25, -0.2) is 4.79 Å². The third kappa shape index (κ3) is 3.44. The van der Waals surface area contributed by atoms with Crippen molar-refractivity contribution in [3.8, 4) is 5.75 Å². The molecule has 1 aliphatic heterocycles. The van der Waals surface area contributed by atoms with E-state index in [0.717, 1.165) is 6.42 Å². The average molecular weight is 445 g/mol. The second-order valence-corrected chi connectivity index (χ2v) is 8.76. The predicted molar refractivity (Wildman–Crippen MR) is 119 cm³/mol. The molecule has 3 aliphatic rings. The lowest BCUT2D eigenvalue weighted by Gasteiger charge is -2.19. The lowest BCUT2D eigenvalue weighted by molar-refractivity contribution is -0.123. The Morgan fingerprint density at radius 1 is 1.00 bits per heavy atom. The fraction of sp³-hybridized carbons (Fsp3) is 0.308. The molecule has 7 heteroatoms. The molecule has 0 spiro atoms. The molecule has 2 aromatic rings. The molecule has 1 saturated heterocycles. The van der Waals surface area contributed by atoms with Gasteiger partial charge in [-0.2, -0.15) is 0 Å². The van der Waals surface area contributed by atoms with Crippen LogP contribution in [0.1, 0.15) is 34.1 Å². The lowest BCUT2D eigenvalue weighted by atomic mass is 9.82. The molecular weight excluding hydrogens is 422 g/mol. The standard InChI is InChI=1S/C26H23NO6/c1-14-10-17-12-20(14)23-22(17)24(29)27(25(23)30)18-8-6-15(7-9-18)26(31)33-13-21(28)16-4-3-5-19(11-16)32-2/h3-11,17,20,22-23H,12-13H2,1-2H3/t17-,20-,22+,23+/m0/s1. The summed E-state index contributed by atoms with van der Waals surface area (Å²) in [5, 5.41) is 0. The minimum absolute atomic E-state index is 0.137. The molecule has 1 saturated carbocycles. The van der Waals surface area contributed by atoms with Crippen molar-refractivity contribution in [3.05, 3.63) is 71.3 Å². The van der Waals surface area contributed by atoms with Crippen LogP contribution in [-0.4, -0.2) is 37.3 Å². The number of carbonyl (C=O) groups excluding carboxylic acids is 4. The van der Waals surface area contributed by atoms with Gasteiger partial charge in [0.2, 0.25) is 11.8 Å². The maximum atomic E-state index is 13.0. The number of ketones is 1. The van der Waals surface area contributed by atoms with Gasteiger partial charge in [0.25, 0.3) is 0 Å². The number of methoxy groups -OCH3 is 1. The van der Waals surface area contributed by atoms with E-state index in [0.29, 0.717) is 17.0 Å². The maximum Gasteiger partial charge on any atom is 0.338 e. The first-order chi connectivity index (χ1) is 15.9. The molecule has 2 fully saturated rings. The molecule has 0 radical (unpaired) electrons. The fourth-order valence-electron chi connectivity index (χ4n) is 5.37. The van der Waals surface area contributed by atoms with Gasteiger partial charge in [-0.1, -0.05) is 23.8 Å². The molecule has 168 valence electrons. The summed E-state index contributed by atoms with van der Waals surface area (Å²) >= 11 is 0. The molecule has 2 bridgehead atoms. The largest absolute Gasteiger partial charge is 0.497 e. The molecule has 2 aromatic carbocycles. The normalized spacial score (nSPS) is 25.2. The second kappa shape index (κ2) is 7.99. The third-order valence-electron chi connectivity index (χ3n) is 6.97. The Morgan fingerprint density at radius 3 is 2.45 bits per heavy atom. The van der Waals surface area contributed by atoms with E-state index in [-0.39, 0.29) is 46.8 Å². The number of imide groups is 1. The van der Waals surface area contributed by atoms with E-state index in [4.69, 9.17) is 9.47 Å². The highest BCUT2D eigenvalue weighted by Crippen LogP contribution is 2.55. The summed E-state index contributed by atoms with van der Waals surface area (Å²) in [7, 11) is 1.51. The topological polar surface area (TPSA) is 90.0 Å². The van der Waals surface area contributed by atoms with E-state index < -0.39 is 12.6 Å². The molecule has 0 unspecified atom stereocenters. The summed E-state index contributed by atoms with van der Waals surface area (Å²) in [6.07, 6.45) is 3.01. The van der Waals surface area contributed by atoms with E-state index in [1.165, 1.54) is 29.7 Å². The van der Waals surface area contributed by atoms with Crippen LogP contribution in [0.15, 0.2) is 60.2 Å².